The first-order valence-corrected chi connectivity index (χ1v) is 19.2. The summed E-state index contributed by atoms with van der Waals surface area (Å²) in [6.07, 6.45) is -6.85. The van der Waals surface area contributed by atoms with Gasteiger partial charge in [0.15, 0.2) is 6.17 Å². The molecule has 2 aromatic carbocycles. The molecule has 6 aromatic rings. The summed E-state index contributed by atoms with van der Waals surface area (Å²) in [7, 11) is 2.08. The second kappa shape index (κ2) is 17.3. The van der Waals surface area contributed by atoms with E-state index in [0.29, 0.717) is 50.2 Å². The van der Waals surface area contributed by atoms with Crippen LogP contribution in [0.3, 0.4) is 0 Å². The Hall–Kier alpha value is -5.30. The molecular weight excluding hydrogens is 811 g/mol. The van der Waals surface area contributed by atoms with Crippen LogP contribution in [0.4, 0.5) is 22.0 Å². The standard InChI is InChI=1S/C39H36ClF5N6O6S/c1-22-24(7-8-27(32(22)40)54-18-17-50-15-13-49(2)14-16-50)30-31-36(46-21-47-37(31)58-35(30)28-9-10-29(41)56-28)57-34(38(52)53)33(42)25-5-3-4-6-26(25)55-19-23-11-12-48-51(23)20-39(43,44)45/h3-12,21,33-34H,13-20H2,1-2H3,(H,52,53)/t33-,34+/m0/s1. The van der Waals surface area contributed by atoms with Crippen molar-refractivity contribution in [3.63, 3.8) is 0 Å². The molecule has 19 heteroatoms. The van der Waals surface area contributed by atoms with Crippen LogP contribution in [-0.2, 0) is 17.9 Å². The average Bonchev–Trinajstić information content (AvgIpc) is 3.93. The van der Waals surface area contributed by atoms with Gasteiger partial charge in [0.1, 0.15) is 48.2 Å². The normalized spacial score (nSPS) is 15.1. The van der Waals surface area contributed by atoms with Crippen molar-refractivity contribution in [3.05, 3.63) is 95.0 Å². The first kappa shape index (κ1) is 40.9. The van der Waals surface area contributed by atoms with Crippen LogP contribution in [0.1, 0.15) is 23.0 Å². The van der Waals surface area contributed by atoms with Crippen LogP contribution in [0.25, 0.3) is 32.0 Å². The van der Waals surface area contributed by atoms with E-state index in [-0.39, 0.29) is 38.9 Å². The zero-order valence-corrected chi connectivity index (χ0v) is 32.6. The number of carbonyl (C=O) groups is 1. The van der Waals surface area contributed by atoms with Gasteiger partial charge in [-0.3, -0.25) is 9.58 Å². The van der Waals surface area contributed by atoms with Crippen LogP contribution in [0, 0.1) is 12.9 Å². The number of ether oxygens (including phenoxy) is 3. The minimum Gasteiger partial charge on any atom is -0.491 e. The van der Waals surface area contributed by atoms with Gasteiger partial charge in [-0.1, -0.05) is 35.9 Å². The predicted molar refractivity (Wildman–Crippen MR) is 205 cm³/mol. The molecule has 12 nitrogen and oxygen atoms in total. The maximum Gasteiger partial charge on any atom is 0.408 e. The van der Waals surface area contributed by atoms with Gasteiger partial charge in [-0.25, -0.2) is 19.2 Å². The number of carboxylic acids is 1. The molecule has 0 unspecified atom stereocenters. The Bertz CT molecular complexity index is 2400. The lowest BCUT2D eigenvalue weighted by molar-refractivity contribution is -0.148. The van der Waals surface area contributed by atoms with Crippen molar-refractivity contribution in [2.24, 2.45) is 0 Å². The Balaban J connectivity index is 1.21. The van der Waals surface area contributed by atoms with Crippen LogP contribution >= 0.6 is 22.9 Å². The van der Waals surface area contributed by atoms with E-state index in [1.54, 1.807) is 19.1 Å². The fourth-order valence-electron chi connectivity index (χ4n) is 6.57. The molecule has 4 aromatic heterocycles. The molecule has 1 aliphatic rings. The van der Waals surface area contributed by atoms with Gasteiger partial charge in [0, 0.05) is 56.1 Å². The molecule has 1 fully saturated rings. The molecule has 5 heterocycles. The van der Waals surface area contributed by atoms with E-state index in [2.05, 4.69) is 31.9 Å². The number of likely N-dealkylation sites (N-methyl/N-ethyl adjacent to an activating group) is 1. The third kappa shape index (κ3) is 9.04. The number of para-hydroxylation sites is 1. The smallest absolute Gasteiger partial charge is 0.408 e. The zero-order valence-electron chi connectivity index (χ0n) is 31.0. The van der Waals surface area contributed by atoms with Crippen molar-refractivity contribution in [2.75, 3.05) is 46.4 Å². The van der Waals surface area contributed by atoms with Crippen LogP contribution < -0.4 is 14.2 Å². The van der Waals surface area contributed by atoms with E-state index >= 15 is 4.39 Å². The quantitative estimate of drug-likeness (QED) is 0.100. The first-order chi connectivity index (χ1) is 27.8. The van der Waals surface area contributed by atoms with Crippen LogP contribution in [0.15, 0.2) is 71.5 Å². The summed E-state index contributed by atoms with van der Waals surface area (Å²) in [6, 6.07) is 12.1. The summed E-state index contributed by atoms with van der Waals surface area (Å²) >= 11 is 8.00. The number of halogens is 6. The Labute approximate surface area is 337 Å². The Morgan fingerprint density at radius 2 is 1.81 bits per heavy atom. The monoisotopic (exact) mass is 846 g/mol. The van der Waals surface area contributed by atoms with E-state index in [1.165, 1.54) is 42.6 Å². The number of carboxylic acid groups (broad SMARTS) is 1. The molecule has 0 bridgehead atoms. The lowest BCUT2D eigenvalue weighted by Gasteiger charge is -2.32. The van der Waals surface area contributed by atoms with Crippen molar-refractivity contribution in [2.45, 2.75) is 38.5 Å². The van der Waals surface area contributed by atoms with Crippen LogP contribution in [-0.4, -0.2) is 99.3 Å². The van der Waals surface area contributed by atoms with Gasteiger partial charge in [-0.05, 0) is 49.4 Å². The summed E-state index contributed by atoms with van der Waals surface area (Å²) in [5, 5.41) is 14.5. The number of fused-ring (bicyclic) bond motifs is 1. The highest BCUT2D eigenvalue weighted by Gasteiger charge is 2.36. The summed E-state index contributed by atoms with van der Waals surface area (Å²) in [6.45, 7) is 4.84. The average molecular weight is 847 g/mol. The SMILES string of the molecule is Cc1c(-c2c(-c3ccc(F)o3)sc3ncnc(O[C@@H](C(=O)O)[C@@H](F)c4ccccc4OCc4ccnn4CC(F)(F)F)c23)ccc(OCCN2CCN(C)CC2)c1Cl. The number of hydrogen-bond acceptors (Lipinski definition) is 11. The first-order valence-electron chi connectivity index (χ1n) is 18.0. The Morgan fingerprint density at radius 3 is 2.53 bits per heavy atom. The number of alkyl halides is 4. The number of aromatic nitrogens is 4. The van der Waals surface area contributed by atoms with Crippen LogP contribution in [0.5, 0.6) is 17.4 Å². The summed E-state index contributed by atoms with van der Waals surface area (Å²) < 4.78 is 93.9. The molecule has 0 spiro atoms. The van der Waals surface area contributed by atoms with E-state index in [4.69, 9.17) is 30.2 Å². The second-order valence-corrected chi connectivity index (χ2v) is 14.9. The van der Waals surface area contributed by atoms with Gasteiger partial charge in [0.2, 0.25) is 12.0 Å². The third-order valence-corrected chi connectivity index (χ3v) is 11.2. The molecule has 2 atom stereocenters. The van der Waals surface area contributed by atoms with E-state index < -0.39 is 43.6 Å². The minimum atomic E-state index is -4.55. The molecular formula is C39H36ClF5N6O6S. The maximum absolute atomic E-state index is 16.6. The van der Waals surface area contributed by atoms with Crippen molar-refractivity contribution >= 4 is 39.1 Å². The minimum absolute atomic E-state index is 0.0508. The van der Waals surface area contributed by atoms with E-state index in [9.17, 15) is 27.5 Å². The number of furan rings is 1. The largest absolute Gasteiger partial charge is 0.491 e. The number of aliphatic carboxylic acids is 1. The maximum atomic E-state index is 16.6. The predicted octanol–water partition coefficient (Wildman–Crippen LogP) is 8.23. The van der Waals surface area contributed by atoms with Crippen LogP contribution in [0.2, 0.25) is 5.02 Å². The molecule has 1 aliphatic heterocycles. The molecule has 0 amide bonds. The molecule has 0 saturated carbocycles. The van der Waals surface area contributed by atoms with E-state index in [0.717, 1.165) is 49.9 Å². The van der Waals surface area contributed by atoms with Crippen molar-refractivity contribution in [1.82, 2.24) is 29.5 Å². The van der Waals surface area contributed by atoms with Gasteiger partial charge in [0.25, 0.3) is 6.01 Å². The van der Waals surface area contributed by atoms with E-state index in [1.807, 2.05) is 0 Å². The highest BCUT2D eigenvalue weighted by molar-refractivity contribution is 7.22. The third-order valence-electron chi connectivity index (χ3n) is 9.60. The molecule has 0 radical (unpaired) electrons. The topological polar surface area (TPSA) is 128 Å². The van der Waals surface area contributed by atoms with Gasteiger partial charge in [0.05, 0.1) is 21.0 Å². The number of benzene rings is 2. The highest BCUT2D eigenvalue weighted by Crippen LogP contribution is 2.50. The van der Waals surface area contributed by atoms with Gasteiger partial charge >= 0.3 is 12.1 Å². The van der Waals surface area contributed by atoms with Gasteiger partial charge in [-0.15, -0.1) is 11.3 Å². The summed E-state index contributed by atoms with van der Waals surface area (Å²) in [4.78, 5) is 26.6. The number of hydrogen-bond donors (Lipinski definition) is 1. The fourth-order valence-corrected chi connectivity index (χ4v) is 7.90. The Morgan fingerprint density at radius 1 is 1.03 bits per heavy atom. The number of nitrogens with zero attached hydrogens (tertiary/aromatic N) is 6. The molecule has 1 saturated heterocycles. The molecule has 306 valence electrons. The second-order valence-electron chi connectivity index (χ2n) is 13.5. The number of thiophene rings is 1. The highest BCUT2D eigenvalue weighted by atomic mass is 35.5. The van der Waals surface area contributed by atoms with Gasteiger partial charge in [-0.2, -0.15) is 22.7 Å². The lowest BCUT2D eigenvalue weighted by atomic mass is 9.97. The van der Waals surface area contributed by atoms with Crippen molar-refractivity contribution < 1.29 is 50.5 Å². The summed E-state index contributed by atoms with van der Waals surface area (Å²) in [5.74, 6) is -1.56. The van der Waals surface area contributed by atoms with Crippen molar-refractivity contribution in [1.29, 1.82) is 0 Å². The Kier molecular flexibility index (Phi) is 12.2. The number of piperazine rings is 1. The van der Waals surface area contributed by atoms with Crippen molar-refractivity contribution in [3.8, 4) is 39.1 Å². The summed E-state index contributed by atoms with van der Waals surface area (Å²) in [5.41, 5.74) is 1.25. The lowest BCUT2D eigenvalue weighted by Crippen LogP contribution is -2.45. The molecule has 0 aliphatic carbocycles. The zero-order chi connectivity index (χ0) is 41.1. The fraction of sp³-hybridized carbons (Fsp3) is 0.333. The molecule has 1 N–H and O–H groups in total. The molecule has 58 heavy (non-hydrogen) atoms. The van der Waals surface area contributed by atoms with Gasteiger partial charge < -0.3 is 28.6 Å². The number of rotatable bonds is 15. The molecule has 7 rings (SSSR count).